The second-order valence-electron chi connectivity index (χ2n) is 3.70. The molecule has 1 atom stereocenters. The molecule has 1 unspecified atom stereocenters. The second kappa shape index (κ2) is 7.30. The van der Waals surface area contributed by atoms with Crippen molar-refractivity contribution in [2.75, 3.05) is 26.8 Å². The first kappa shape index (κ1) is 12.9. The van der Waals surface area contributed by atoms with Crippen molar-refractivity contribution in [3.63, 3.8) is 0 Å². The summed E-state index contributed by atoms with van der Waals surface area (Å²) in [6.07, 6.45) is 0.761. The van der Waals surface area contributed by atoms with Crippen molar-refractivity contribution in [3.05, 3.63) is 0 Å². The molecule has 0 saturated carbocycles. The SMILES string of the molecule is CCCN(CC(O)COC)C(C)C. The number of aliphatic hydroxyl groups excluding tert-OH is 1. The molecule has 0 heterocycles. The minimum Gasteiger partial charge on any atom is -0.389 e. The summed E-state index contributed by atoms with van der Waals surface area (Å²) in [5, 5.41) is 9.53. The summed E-state index contributed by atoms with van der Waals surface area (Å²) in [6, 6.07) is 0.492. The van der Waals surface area contributed by atoms with Crippen LogP contribution in [0.1, 0.15) is 27.2 Å². The third-order valence-electron chi connectivity index (χ3n) is 2.05. The smallest absolute Gasteiger partial charge is 0.0900 e. The quantitative estimate of drug-likeness (QED) is 0.651. The number of aliphatic hydroxyl groups is 1. The van der Waals surface area contributed by atoms with Crippen LogP contribution in [0.5, 0.6) is 0 Å². The van der Waals surface area contributed by atoms with Gasteiger partial charge in [0, 0.05) is 19.7 Å². The number of methoxy groups -OCH3 is 1. The number of hydrogen-bond donors (Lipinski definition) is 1. The molecule has 0 rings (SSSR count). The van der Waals surface area contributed by atoms with Crippen molar-refractivity contribution in [3.8, 4) is 0 Å². The summed E-state index contributed by atoms with van der Waals surface area (Å²) in [5.41, 5.74) is 0. The molecule has 0 aromatic carbocycles. The average Bonchev–Trinajstić information content (AvgIpc) is 2.04. The van der Waals surface area contributed by atoms with E-state index in [1.165, 1.54) is 0 Å². The molecule has 0 spiro atoms. The predicted octanol–water partition coefficient (Wildman–Crippen LogP) is 1.11. The Balaban J connectivity index is 3.79. The van der Waals surface area contributed by atoms with Crippen LogP contribution < -0.4 is 0 Å². The molecule has 80 valence electrons. The van der Waals surface area contributed by atoms with Crippen LogP contribution in [-0.4, -0.2) is 49.0 Å². The van der Waals surface area contributed by atoms with Crippen LogP contribution in [0.2, 0.25) is 0 Å². The Morgan fingerprint density at radius 3 is 2.38 bits per heavy atom. The van der Waals surface area contributed by atoms with Gasteiger partial charge in [-0.05, 0) is 26.8 Å². The highest BCUT2D eigenvalue weighted by molar-refractivity contribution is 4.67. The van der Waals surface area contributed by atoms with E-state index in [2.05, 4.69) is 25.7 Å². The molecular formula is C10H23NO2. The number of nitrogens with zero attached hydrogens (tertiary/aromatic N) is 1. The highest BCUT2D eigenvalue weighted by Crippen LogP contribution is 2.01. The Bertz CT molecular complexity index is 117. The van der Waals surface area contributed by atoms with Gasteiger partial charge in [0.1, 0.15) is 0 Å². The zero-order valence-corrected chi connectivity index (χ0v) is 9.29. The molecule has 0 bridgehead atoms. The topological polar surface area (TPSA) is 32.7 Å². The van der Waals surface area contributed by atoms with E-state index in [-0.39, 0.29) is 6.10 Å². The lowest BCUT2D eigenvalue weighted by Gasteiger charge is -2.27. The first-order chi connectivity index (χ1) is 6.11. The zero-order valence-electron chi connectivity index (χ0n) is 9.29. The lowest BCUT2D eigenvalue weighted by molar-refractivity contribution is 0.0303. The summed E-state index contributed by atoms with van der Waals surface area (Å²) < 4.78 is 4.89. The molecule has 3 nitrogen and oxygen atoms in total. The van der Waals surface area contributed by atoms with Gasteiger partial charge in [-0.2, -0.15) is 0 Å². The van der Waals surface area contributed by atoms with E-state index < -0.39 is 0 Å². The van der Waals surface area contributed by atoms with Gasteiger partial charge in [-0.3, -0.25) is 4.90 Å². The van der Waals surface area contributed by atoms with Crippen molar-refractivity contribution in [2.45, 2.75) is 39.3 Å². The molecule has 0 fully saturated rings. The number of rotatable bonds is 7. The van der Waals surface area contributed by atoms with Crippen LogP contribution in [0.25, 0.3) is 0 Å². The Kier molecular flexibility index (Phi) is 7.23. The maximum atomic E-state index is 9.53. The minimum absolute atomic E-state index is 0.362. The van der Waals surface area contributed by atoms with Gasteiger partial charge < -0.3 is 9.84 Å². The molecular weight excluding hydrogens is 166 g/mol. The second-order valence-corrected chi connectivity index (χ2v) is 3.70. The first-order valence-corrected chi connectivity index (χ1v) is 5.02. The van der Waals surface area contributed by atoms with E-state index in [1.54, 1.807) is 7.11 Å². The van der Waals surface area contributed by atoms with Crippen LogP contribution in [-0.2, 0) is 4.74 Å². The van der Waals surface area contributed by atoms with Crippen molar-refractivity contribution >= 4 is 0 Å². The van der Waals surface area contributed by atoms with Gasteiger partial charge in [-0.25, -0.2) is 0 Å². The van der Waals surface area contributed by atoms with Gasteiger partial charge in [0.15, 0.2) is 0 Å². The van der Waals surface area contributed by atoms with Crippen LogP contribution in [0, 0.1) is 0 Å². The molecule has 0 aliphatic carbocycles. The fourth-order valence-corrected chi connectivity index (χ4v) is 1.36. The zero-order chi connectivity index (χ0) is 10.3. The fourth-order valence-electron chi connectivity index (χ4n) is 1.36. The summed E-state index contributed by atoms with van der Waals surface area (Å²) in [7, 11) is 1.61. The number of hydrogen-bond acceptors (Lipinski definition) is 3. The Morgan fingerprint density at radius 2 is 2.00 bits per heavy atom. The monoisotopic (exact) mass is 189 g/mol. The Morgan fingerprint density at radius 1 is 1.38 bits per heavy atom. The van der Waals surface area contributed by atoms with Crippen molar-refractivity contribution in [1.29, 1.82) is 0 Å². The van der Waals surface area contributed by atoms with E-state index in [0.29, 0.717) is 19.2 Å². The normalized spacial score (nSPS) is 14.1. The molecule has 0 radical (unpaired) electrons. The predicted molar refractivity (Wildman–Crippen MR) is 54.9 cm³/mol. The third-order valence-corrected chi connectivity index (χ3v) is 2.05. The maximum Gasteiger partial charge on any atom is 0.0900 e. The lowest BCUT2D eigenvalue weighted by atomic mass is 10.2. The first-order valence-electron chi connectivity index (χ1n) is 5.02. The summed E-state index contributed by atoms with van der Waals surface area (Å²) in [4.78, 5) is 2.27. The minimum atomic E-state index is -0.362. The highest BCUT2D eigenvalue weighted by atomic mass is 16.5. The lowest BCUT2D eigenvalue weighted by Crippen LogP contribution is -2.39. The van der Waals surface area contributed by atoms with E-state index in [1.807, 2.05) is 0 Å². The molecule has 0 aliphatic heterocycles. The van der Waals surface area contributed by atoms with Crippen LogP contribution in [0.15, 0.2) is 0 Å². The molecule has 0 aromatic rings. The van der Waals surface area contributed by atoms with Gasteiger partial charge in [0.05, 0.1) is 12.7 Å². The van der Waals surface area contributed by atoms with Crippen molar-refractivity contribution in [1.82, 2.24) is 4.90 Å². The van der Waals surface area contributed by atoms with Gasteiger partial charge in [0.2, 0.25) is 0 Å². The molecule has 1 N–H and O–H groups in total. The van der Waals surface area contributed by atoms with E-state index in [0.717, 1.165) is 13.0 Å². The van der Waals surface area contributed by atoms with Crippen LogP contribution >= 0.6 is 0 Å². The van der Waals surface area contributed by atoms with E-state index in [9.17, 15) is 5.11 Å². The largest absolute Gasteiger partial charge is 0.389 e. The van der Waals surface area contributed by atoms with Crippen LogP contribution in [0.4, 0.5) is 0 Å². The summed E-state index contributed by atoms with van der Waals surface area (Å²) >= 11 is 0. The summed E-state index contributed by atoms with van der Waals surface area (Å²) in [5.74, 6) is 0. The van der Waals surface area contributed by atoms with Gasteiger partial charge >= 0.3 is 0 Å². The molecule has 0 aromatic heterocycles. The average molecular weight is 189 g/mol. The van der Waals surface area contributed by atoms with Gasteiger partial charge in [-0.1, -0.05) is 6.92 Å². The van der Waals surface area contributed by atoms with Crippen LogP contribution in [0.3, 0.4) is 0 Å². The molecule has 3 heteroatoms. The maximum absolute atomic E-state index is 9.53. The molecule has 0 saturated heterocycles. The highest BCUT2D eigenvalue weighted by Gasteiger charge is 2.13. The third kappa shape index (κ3) is 6.02. The molecule has 0 amide bonds. The van der Waals surface area contributed by atoms with E-state index in [4.69, 9.17) is 4.74 Å². The Labute approximate surface area is 81.7 Å². The fraction of sp³-hybridized carbons (Fsp3) is 1.00. The number of ether oxygens (including phenoxy) is 1. The summed E-state index contributed by atoms with van der Waals surface area (Å²) in [6.45, 7) is 8.62. The molecule has 0 aliphatic rings. The Hall–Kier alpha value is -0.120. The van der Waals surface area contributed by atoms with Gasteiger partial charge in [0.25, 0.3) is 0 Å². The standard InChI is InChI=1S/C10H23NO2/c1-5-6-11(9(2)3)7-10(12)8-13-4/h9-10,12H,5-8H2,1-4H3. The van der Waals surface area contributed by atoms with Gasteiger partial charge in [-0.15, -0.1) is 0 Å². The van der Waals surface area contributed by atoms with Crippen molar-refractivity contribution in [2.24, 2.45) is 0 Å². The molecule has 13 heavy (non-hydrogen) atoms. The van der Waals surface area contributed by atoms with Crippen molar-refractivity contribution < 1.29 is 9.84 Å². The van der Waals surface area contributed by atoms with E-state index >= 15 is 0 Å².